The fourth-order valence-corrected chi connectivity index (χ4v) is 3.17. The van der Waals surface area contributed by atoms with Crippen molar-refractivity contribution in [3.05, 3.63) is 53.9 Å². The molecule has 5 heteroatoms. The van der Waals surface area contributed by atoms with Crippen molar-refractivity contribution in [1.82, 2.24) is 14.7 Å². The molecule has 1 aromatic carbocycles. The van der Waals surface area contributed by atoms with Crippen LogP contribution in [0.15, 0.2) is 42.7 Å². The third-order valence-corrected chi connectivity index (χ3v) is 4.35. The Morgan fingerprint density at radius 3 is 2.74 bits per heavy atom. The summed E-state index contributed by atoms with van der Waals surface area (Å²) in [4.78, 5) is 2.38. The molecule has 0 amide bonds. The highest BCUT2D eigenvalue weighted by molar-refractivity contribution is 5.21. The van der Waals surface area contributed by atoms with E-state index >= 15 is 0 Å². The highest BCUT2D eigenvalue weighted by Gasteiger charge is 2.33. The third-order valence-electron chi connectivity index (χ3n) is 4.35. The predicted molar refractivity (Wildman–Crippen MR) is 89.0 cm³/mol. The molecule has 0 radical (unpaired) electrons. The lowest BCUT2D eigenvalue weighted by Gasteiger charge is -2.40. The average molecular weight is 315 g/mol. The molecule has 5 nitrogen and oxygen atoms in total. The first kappa shape index (κ1) is 16.2. The lowest BCUT2D eigenvalue weighted by Crippen LogP contribution is -2.46. The molecule has 1 N–H and O–H groups in total. The maximum Gasteiger partial charge on any atom is 0.100 e. The lowest BCUT2D eigenvalue weighted by atomic mass is 9.98. The van der Waals surface area contributed by atoms with Gasteiger partial charge in [-0.2, -0.15) is 5.10 Å². The molecular formula is C18H25N3O2. The van der Waals surface area contributed by atoms with Crippen LogP contribution in [0.1, 0.15) is 37.1 Å². The van der Waals surface area contributed by atoms with Gasteiger partial charge in [0.1, 0.15) is 6.10 Å². The second-order valence-corrected chi connectivity index (χ2v) is 6.34. The van der Waals surface area contributed by atoms with Crippen molar-refractivity contribution in [2.75, 3.05) is 19.8 Å². The molecule has 1 aliphatic rings. The number of benzene rings is 1. The van der Waals surface area contributed by atoms with E-state index in [1.54, 1.807) is 0 Å². The zero-order chi connectivity index (χ0) is 16.2. The van der Waals surface area contributed by atoms with Crippen LogP contribution in [0.3, 0.4) is 0 Å². The first-order chi connectivity index (χ1) is 11.2. The molecule has 1 saturated heterocycles. The van der Waals surface area contributed by atoms with Crippen LogP contribution in [0.5, 0.6) is 0 Å². The van der Waals surface area contributed by atoms with E-state index in [9.17, 15) is 5.11 Å². The standard InChI is InChI=1S/C18H25N3O2/c1-14(2)21-12-15(10-19-21)11-20-8-9-23-17(13-22)18(20)16-6-4-3-5-7-16/h3-7,10,12,14,17-18,22H,8-9,11,13H2,1-2H3/t17-,18-/m1/s1. The second-order valence-electron chi connectivity index (χ2n) is 6.34. The molecule has 23 heavy (non-hydrogen) atoms. The van der Waals surface area contributed by atoms with Gasteiger partial charge in [0, 0.05) is 30.9 Å². The number of hydrogen-bond acceptors (Lipinski definition) is 4. The molecule has 1 aromatic heterocycles. The first-order valence-electron chi connectivity index (χ1n) is 8.23. The highest BCUT2D eigenvalue weighted by atomic mass is 16.5. The van der Waals surface area contributed by atoms with Crippen LogP contribution in [0.2, 0.25) is 0 Å². The first-order valence-corrected chi connectivity index (χ1v) is 8.23. The van der Waals surface area contributed by atoms with Crippen LogP contribution in [-0.2, 0) is 11.3 Å². The Morgan fingerprint density at radius 2 is 2.09 bits per heavy atom. The zero-order valence-electron chi connectivity index (χ0n) is 13.8. The molecule has 0 saturated carbocycles. The van der Waals surface area contributed by atoms with Gasteiger partial charge in [0.2, 0.25) is 0 Å². The Bertz CT molecular complexity index is 612. The van der Waals surface area contributed by atoms with E-state index in [1.807, 2.05) is 29.1 Å². The second kappa shape index (κ2) is 7.25. The molecule has 0 spiro atoms. The van der Waals surface area contributed by atoms with Gasteiger partial charge in [-0.25, -0.2) is 0 Å². The summed E-state index contributed by atoms with van der Waals surface area (Å²) in [6, 6.07) is 10.7. The van der Waals surface area contributed by atoms with E-state index in [1.165, 1.54) is 11.1 Å². The number of hydrogen-bond donors (Lipinski definition) is 1. The Labute approximate surface area is 137 Å². The van der Waals surface area contributed by atoms with Crippen molar-refractivity contribution in [2.24, 2.45) is 0 Å². The molecule has 2 atom stereocenters. The van der Waals surface area contributed by atoms with Gasteiger partial charge in [-0.05, 0) is 19.4 Å². The van der Waals surface area contributed by atoms with Crippen molar-refractivity contribution in [2.45, 2.75) is 38.6 Å². The summed E-state index contributed by atoms with van der Waals surface area (Å²) in [6.07, 6.45) is 3.85. The molecule has 124 valence electrons. The number of morpholine rings is 1. The fraction of sp³-hybridized carbons (Fsp3) is 0.500. The average Bonchev–Trinajstić information content (AvgIpc) is 3.04. The van der Waals surface area contributed by atoms with Crippen molar-refractivity contribution in [3.63, 3.8) is 0 Å². The minimum Gasteiger partial charge on any atom is -0.394 e. The smallest absolute Gasteiger partial charge is 0.100 e. The van der Waals surface area contributed by atoms with E-state index < -0.39 is 0 Å². The van der Waals surface area contributed by atoms with Crippen molar-refractivity contribution < 1.29 is 9.84 Å². The Balaban J connectivity index is 1.82. The molecule has 1 fully saturated rings. The number of aliphatic hydroxyl groups excluding tert-OH is 1. The summed E-state index contributed by atoms with van der Waals surface area (Å²) in [7, 11) is 0. The van der Waals surface area contributed by atoms with Crippen LogP contribution in [0, 0.1) is 0 Å². The van der Waals surface area contributed by atoms with Gasteiger partial charge in [-0.15, -0.1) is 0 Å². The number of aliphatic hydroxyl groups is 1. The van der Waals surface area contributed by atoms with Crippen LogP contribution in [0.4, 0.5) is 0 Å². The van der Waals surface area contributed by atoms with Crippen molar-refractivity contribution >= 4 is 0 Å². The van der Waals surface area contributed by atoms with E-state index in [0.29, 0.717) is 12.6 Å². The van der Waals surface area contributed by atoms with Gasteiger partial charge in [-0.1, -0.05) is 30.3 Å². The molecular weight excluding hydrogens is 290 g/mol. The van der Waals surface area contributed by atoms with E-state index in [0.717, 1.165) is 13.1 Å². The monoisotopic (exact) mass is 315 g/mol. The summed E-state index contributed by atoms with van der Waals surface area (Å²) in [5.41, 5.74) is 2.38. The number of ether oxygens (including phenoxy) is 1. The maximum absolute atomic E-state index is 9.72. The summed E-state index contributed by atoms with van der Waals surface area (Å²) < 4.78 is 7.78. The van der Waals surface area contributed by atoms with Crippen LogP contribution < -0.4 is 0 Å². The van der Waals surface area contributed by atoms with Gasteiger partial charge in [0.05, 0.1) is 25.5 Å². The molecule has 0 unspecified atom stereocenters. The van der Waals surface area contributed by atoms with Gasteiger partial charge in [-0.3, -0.25) is 9.58 Å². The number of rotatable bonds is 5. The minimum absolute atomic E-state index is 0.0291. The molecule has 3 rings (SSSR count). The van der Waals surface area contributed by atoms with Gasteiger partial charge >= 0.3 is 0 Å². The van der Waals surface area contributed by atoms with Crippen molar-refractivity contribution in [3.8, 4) is 0 Å². The number of nitrogens with zero attached hydrogens (tertiary/aromatic N) is 3. The van der Waals surface area contributed by atoms with Crippen LogP contribution in [-0.4, -0.2) is 45.6 Å². The summed E-state index contributed by atoms with van der Waals surface area (Å²) >= 11 is 0. The summed E-state index contributed by atoms with van der Waals surface area (Å²) in [5.74, 6) is 0. The third kappa shape index (κ3) is 3.63. The molecule has 2 aromatic rings. The normalized spacial score (nSPS) is 22.6. The zero-order valence-corrected chi connectivity index (χ0v) is 13.8. The SMILES string of the molecule is CC(C)n1cc(CN2CCO[C@H](CO)[C@H]2c2ccccc2)cn1. The number of aromatic nitrogens is 2. The van der Waals surface area contributed by atoms with Crippen LogP contribution >= 0.6 is 0 Å². The van der Waals surface area contributed by atoms with Crippen molar-refractivity contribution in [1.29, 1.82) is 0 Å². The predicted octanol–water partition coefficient (Wildman–Crippen LogP) is 2.40. The largest absolute Gasteiger partial charge is 0.394 e. The Hall–Kier alpha value is -1.69. The lowest BCUT2D eigenvalue weighted by molar-refractivity contribution is -0.0960. The summed E-state index contributed by atoms with van der Waals surface area (Å²) in [5, 5.41) is 14.1. The molecule has 0 bridgehead atoms. The van der Waals surface area contributed by atoms with Gasteiger partial charge in [0.25, 0.3) is 0 Å². The van der Waals surface area contributed by atoms with E-state index in [-0.39, 0.29) is 18.8 Å². The highest BCUT2D eigenvalue weighted by Crippen LogP contribution is 2.30. The topological polar surface area (TPSA) is 50.5 Å². The molecule has 1 aliphatic heterocycles. The van der Waals surface area contributed by atoms with Crippen LogP contribution in [0.25, 0.3) is 0 Å². The van der Waals surface area contributed by atoms with Gasteiger partial charge < -0.3 is 9.84 Å². The fourth-order valence-electron chi connectivity index (χ4n) is 3.17. The quantitative estimate of drug-likeness (QED) is 0.920. The maximum atomic E-state index is 9.72. The minimum atomic E-state index is -0.189. The Kier molecular flexibility index (Phi) is 5.10. The summed E-state index contributed by atoms with van der Waals surface area (Å²) in [6.45, 7) is 6.59. The molecule has 2 heterocycles. The van der Waals surface area contributed by atoms with Gasteiger partial charge in [0.15, 0.2) is 0 Å². The van der Waals surface area contributed by atoms with E-state index in [2.05, 4.69) is 42.2 Å². The Morgan fingerprint density at radius 1 is 1.30 bits per heavy atom. The molecule has 0 aliphatic carbocycles. The van der Waals surface area contributed by atoms with E-state index in [4.69, 9.17) is 4.74 Å².